The summed E-state index contributed by atoms with van der Waals surface area (Å²) < 4.78 is 11.5. The molecule has 0 aliphatic heterocycles. The topological polar surface area (TPSA) is 65.4 Å². The summed E-state index contributed by atoms with van der Waals surface area (Å²) in [6.07, 6.45) is 0.359. The third-order valence-corrected chi connectivity index (χ3v) is 2.52. The van der Waals surface area contributed by atoms with Crippen LogP contribution in [0.2, 0.25) is 0 Å². The van der Waals surface area contributed by atoms with E-state index in [4.69, 9.17) is 4.74 Å². The van der Waals surface area contributed by atoms with Crippen molar-refractivity contribution in [3.8, 4) is 5.88 Å². The molecule has 17 heavy (non-hydrogen) atoms. The molecule has 1 rings (SSSR count). The van der Waals surface area contributed by atoms with Gasteiger partial charge in [0.15, 0.2) is 0 Å². The summed E-state index contributed by atoms with van der Waals surface area (Å²) in [5.41, 5.74) is 1.94. The summed E-state index contributed by atoms with van der Waals surface area (Å²) >= 11 is 0. The maximum atomic E-state index is 10.9. The molecule has 0 bridgehead atoms. The molecule has 0 spiro atoms. The monoisotopic (exact) mass is 241 g/mol. The number of rotatable bonds is 6. The number of aryl methyl sites for hydroxylation is 2. The summed E-state index contributed by atoms with van der Waals surface area (Å²) in [6, 6.07) is 0. The van der Waals surface area contributed by atoms with Crippen molar-refractivity contribution in [1.29, 1.82) is 0 Å². The van der Waals surface area contributed by atoms with Gasteiger partial charge in [-0.25, -0.2) is 4.68 Å². The largest absolute Gasteiger partial charge is 0.481 e. The zero-order chi connectivity index (χ0) is 12.8. The number of hydrogen-bond donors (Lipinski definition) is 1. The molecule has 6 heteroatoms. The molecule has 0 fully saturated rings. The van der Waals surface area contributed by atoms with Crippen LogP contribution in [-0.4, -0.2) is 36.5 Å². The molecular formula is C11H19N3O3. The predicted octanol–water partition coefficient (Wildman–Crippen LogP) is 0.390. The molecule has 0 radical (unpaired) electrons. The Hall–Kier alpha value is -1.56. The van der Waals surface area contributed by atoms with Crippen molar-refractivity contribution in [2.24, 2.45) is 7.05 Å². The standard InChI is InChI=1S/C11H19N3O3/c1-8-9(11(17-4)14(2)13-8)7-12-6-5-10(15)16-3/h12H,5-7H2,1-4H3. The van der Waals surface area contributed by atoms with E-state index in [-0.39, 0.29) is 5.97 Å². The van der Waals surface area contributed by atoms with Crippen molar-refractivity contribution in [2.75, 3.05) is 20.8 Å². The lowest BCUT2D eigenvalue weighted by atomic mass is 10.2. The van der Waals surface area contributed by atoms with Crippen LogP contribution in [0.1, 0.15) is 17.7 Å². The molecule has 0 amide bonds. The summed E-state index contributed by atoms with van der Waals surface area (Å²) in [4.78, 5) is 10.9. The molecule has 0 aliphatic rings. The zero-order valence-corrected chi connectivity index (χ0v) is 10.7. The van der Waals surface area contributed by atoms with Gasteiger partial charge in [-0.2, -0.15) is 5.10 Å². The quantitative estimate of drug-likeness (QED) is 0.576. The van der Waals surface area contributed by atoms with Crippen molar-refractivity contribution >= 4 is 5.97 Å². The second-order valence-electron chi connectivity index (χ2n) is 3.70. The number of carbonyl (C=O) groups excluding carboxylic acids is 1. The van der Waals surface area contributed by atoms with Crippen LogP contribution < -0.4 is 10.1 Å². The highest BCUT2D eigenvalue weighted by molar-refractivity contribution is 5.69. The molecule has 96 valence electrons. The molecule has 1 heterocycles. The molecule has 1 aromatic heterocycles. The molecule has 1 N–H and O–H groups in total. The Morgan fingerprint density at radius 3 is 2.76 bits per heavy atom. The van der Waals surface area contributed by atoms with E-state index in [0.29, 0.717) is 19.5 Å². The third-order valence-electron chi connectivity index (χ3n) is 2.52. The molecule has 0 unspecified atom stereocenters. The summed E-state index contributed by atoms with van der Waals surface area (Å²) in [5.74, 6) is 0.528. The highest BCUT2D eigenvalue weighted by Crippen LogP contribution is 2.20. The van der Waals surface area contributed by atoms with Gasteiger partial charge in [0.25, 0.3) is 0 Å². The minimum atomic E-state index is -0.215. The van der Waals surface area contributed by atoms with E-state index in [2.05, 4.69) is 15.2 Å². The first-order chi connectivity index (χ1) is 8.10. The fraction of sp³-hybridized carbons (Fsp3) is 0.636. The second kappa shape index (κ2) is 6.24. The van der Waals surface area contributed by atoms with Gasteiger partial charge in [-0.3, -0.25) is 4.79 Å². The van der Waals surface area contributed by atoms with Gasteiger partial charge in [0.2, 0.25) is 5.88 Å². The van der Waals surface area contributed by atoms with Gasteiger partial charge in [-0.1, -0.05) is 0 Å². The van der Waals surface area contributed by atoms with E-state index < -0.39 is 0 Å². The van der Waals surface area contributed by atoms with E-state index in [1.807, 2.05) is 14.0 Å². The highest BCUT2D eigenvalue weighted by Gasteiger charge is 2.13. The molecular weight excluding hydrogens is 222 g/mol. The molecule has 1 aromatic rings. The first-order valence-electron chi connectivity index (χ1n) is 5.44. The Balaban J connectivity index is 2.49. The van der Waals surface area contributed by atoms with Crippen LogP contribution in [0.25, 0.3) is 0 Å². The second-order valence-corrected chi connectivity index (χ2v) is 3.70. The maximum absolute atomic E-state index is 10.9. The van der Waals surface area contributed by atoms with Crippen LogP contribution in [0.5, 0.6) is 5.88 Å². The molecule has 0 aliphatic carbocycles. The fourth-order valence-electron chi connectivity index (χ4n) is 1.65. The van der Waals surface area contributed by atoms with Crippen molar-refractivity contribution in [1.82, 2.24) is 15.1 Å². The van der Waals surface area contributed by atoms with E-state index in [1.54, 1.807) is 11.8 Å². The fourth-order valence-corrected chi connectivity index (χ4v) is 1.65. The normalized spacial score (nSPS) is 10.4. The lowest BCUT2D eigenvalue weighted by molar-refractivity contribution is -0.140. The van der Waals surface area contributed by atoms with Crippen LogP contribution in [0.3, 0.4) is 0 Å². The van der Waals surface area contributed by atoms with Gasteiger partial charge in [0, 0.05) is 20.1 Å². The number of esters is 1. The van der Waals surface area contributed by atoms with Gasteiger partial charge in [-0.05, 0) is 6.92 Å². The van der Waals surface area contributed by atoms with Crippen molar-refractivity contribution < 1.29 is 14.3 Å². The Bertz CT molecular complexity index is 388. The summed E-state index contributed by atoms with van der Waals surface area (Å²) in [5, 5.41) is 7.43. The van der Waals surface area contributed by atoms with Crippen molar-refractivity contribution in [3.63, 3.8) is 0 Å². The lowest BCUT2D eigenvalue weighted by Gasteiger charge is -2.06. The average Bonchev–Trinajstić information content (AvgIpc) is 2.58. The Morgan fingerprint density at radius 2 is 2.18 bits per heavy atom. The van der Waals surface area contributed by atoms with Gasteiger partial charge in [-0.15, -0.1) is 0 Å². The number of nitrogens with zero attached hydrogens (tertiary/aromatic N) is 2. The Morgan fingerprint density at radius 1 is 1.47 bits per heavy atom. The van der Waals surface area contributed by atoms with Crippen LogP contribution in [-0.2, 0) is 23.1 Å². The van der Waals surface area contributed by atoms with Crippen LogP contribution in [0, 0.1) is 6.92 Å². The maximum Gasteiger partial charge on any atom is 0.306 e. The van der Waals surface area contributed by atoms with Gasteiger partial charge in [0.05, 0.1) is 31.9 Å². The van der Waals surface area contributed by atoms with E-state index >= 15 is 0 Å². The number of nitrogens with one attached hydrogen (secondary N) is 1. The lowest BCUT2D eigenvalue weighted by Crippen LogP contribution is -2.19. The smallest absolute Gasteiger partial charge is 0.306 e. The number of methoxy groups -OCH3 is 2. The molecule has 0 aromatic carbocycles. The first-order valence-corrected chi connectivity index (χ1v) is 5.44. The number of carbonyl (C=O) groups is 1. The van der Waals surface area contributed by atoms with Gasteiger partial charge >= 0.3 is 5.97 Å². The zero-order valence-electron chi connectivity index (χ0n) is 10.7. The Kier molecular flexibility index (Phi) is 4.96. The van der Waals surface area contributed by atoms with Gasteiger partial charge < -0.3 is 14.8 Å². The number of hydrogen-bond acceptors (Lipinski definition) is 5. The summed E-state index contributed by atoms with van der Waals surface area (Å²) in [6.45, 7) is 3.13. The summed E-state index contributed by atoms with van der Waals surface area (Å²) in [7, 11) is 4.84. The van der Waals surface area contributed by atoms with Crippen molar-refractivity contribution in [3.05, 3.63) is 11.3 Å². The third kappa shape index (κ3) is 3.45. The molecule has 0 saturated carbocycles. The number of ether oxygens (including phenoxy) is 2. The van der Waals surface area contributed by atoms with E-state index in [0.717, 1.165) is 17.1 Å². The van der Waals surface area contributed by atoms with Crippen molar-refractivity contribution in [2.45, 2.75) is 19.9 Å². The predicted molar refractivity (Wildman–Crippen MR) is 62.8 cm³/mol. The SMILES string of the molecule is COC(=O)CCNCc1c(C)nn(C)c1OC. The van der Waals surface area contributed by atoms with Crippen LogP contribution >= 0.6 is 0 Å². The molecule has 0 saturated heterocycles. The first kappa shape index (κ1) is 13.5. The minimum absolute atomic E-state index is 0.215. The van der Waals surface area contributed by atoms with Gasteiger partial charge in [0.1, 0.15) is 0 Å². The molecule has 0 atom stereocenters. The van der Waals surface area contributed by atoms with E-state index in [1.165, 1.54) is 7.11 Å². The number of aromatic nitrogens is 2. The average molecular weight is 241 g/mol. The molecule has 6 nitrogen and oxygen atoms in total. The van der Waals surface area contributed by atoms with Crippen LogP contribution in [0.4, 0.5) is 0 Å². The minimum Gasteiger partial charge on any atom is -0.481 e. The van der Waals surface area contributed by atoms with Crippen LogP contribution in [0.15, 0.2) is 0 Å². The van der Waals surface area contributed by atoms with E-state index in [9.17, 15) is 4.79 Å². The highest BCUT2D eigenvalue weighted by atomic mass is 16.5. The Labute approximate surface area is 101 Å².